The third-order valence-electron chi connectivity index (χ3n) is 2.31. The molecule has 0 aliphatic carbocycles. The van der Waals surface area contributed by atoms with E-state index in [1.54, 1.807) is 11.3 Å². The van der Waals surface area contributed by atoms with Gasteiger partial charge in [-0.05, 0) is 6.42 Å². The number of halogens is 1. The summed E-state index contributed by atoms with van der Waals surface area (Å²) in [4.78, 5) is 13.5. The smallest absolute Gasteiger partial charge is 0.159 e. The second-order valence-corrected chi connectivity index (χ2v) is 4.93. The van der Waals surface area contributed by atoms with Gasteiger partial charge in [0.05, 0.1) is 5.01 Å². The van der Waals surface area contributed by atoms with Crippen LogP contribution in [0.2, 0.25) is 5.15 Å². The van der Waals surface area contributed by atoms with Crippen LogP contribution >= 0.6 is 22.9 Å². The van der Waals surface area contributed by atoms with Crippen molar-refractivity contribution in [3.8, 4) is 0 Å². The summed E-state index contributed by atoms with van der Waals surface area (Å²) in [6.45, 7) is 4.36. The predicted molar refractivity (Wildman–Crippen MR) is 63.5 cm³/mol. The summed E-state index contributed by atoms with van der Waals surface area (Å²) in [6, 6.07) is 0. The maximum Gasteiger partial charge on any atom is 0.159 e. The van der Waals surface area contributed by atoms with Gasteiger partial charge in [-0.1, -0.05) is 43.2 Å². The maximum atomic E-state index is 5.95. The first kappa shape index (κ1) is 10.8. The van der Waals surface area contributed by atoms with E-state index >= 15 is 0 Å². The van der Waals surface area contributed by atoms with Crippen LogP contribution in [0.1, 0.15) is 37.6 Å². The Kier molecular flexibility index (Phi) is 3.17. The Hall–Kier alpha value is -0.740. The Balaban J connectivity index is 2.43. The van der Waals surface area contributed by atoms with E-state index in [0.717, 1.165) is 28.2 Å². The van der Waals surface area contributed by atoms with Crippen LogP contribution in [-0.2, 0) is 0 Å². The predicted octanol–water partition coefficient (Wildman–Crippen LogP) is 3.64. The molecule has 0 spiro atoms. The summed E-state index contributed by atoms with van der Waals surface area (Å²) in [5, 5.41) is 1.56. The molecule has 0 N–H and O–H groups in total. The molecule has 2 aromatic rings. The molecule has 0 amide bonds. The lowest BCUT2D eigenvalue weighted by atomic mass is 10.1. The largest absolute Gasteiger partial charge is 0.236 e. The molecule has 3 nitrogen and oxygen atoms in total. The van der Waals surface area contributed by atoms with Gasteiger partial charge >= 0.3 is 0 Å². The highest BCUT2D eigenvalue weighted by Crippen LogP contribution is 2.30. The number of rotatable bonds is 3. The quantitative estimate of drug-likeness (QED) is 0.770. The van der Waals surface area contributed by atoms with E-state index in [0.29, 0.717) is 11.1 Å². The van der Waals surface area contributed by atoms with Crippen LogP contribution in [0.5, 0.6) is 0 Å². The van der Waals surface area contributed by atoms with Crippen LogP contribution in [-0.4, -0.2) is 15.0 Å². The first-order valence-corrected chi connectivity index (χ1v) is 6.18. The zero-order valence-corrected chi connectivity index (χ0v) is 10.3. The highest BCUT2D eigenvalue weighted by Gasteiger charge is 2.13. The van der Waals surface area contributed by atoms with Gasteiger partial charge in [0.25, 0.3) is 0 Å². The molecule has 0 bridgehead atoms. The van der Waals surface area contributed by atoms with E-state index in [4.69, 9.17) is 11.6 Å². The molecular weight excluding hydrogens is 230 g/mol. The van der Waals surface area contributed by atoms with Gasteiger partial charge in [0.2, 0.25) is 0 Å². The Morgan fingerprint density at radius 1 is 1.47 bits per heavy atom. The number of hydrogen-bond acceptors (Lipinski definition) is 4. The first-order valence-electron chi connectivity index (χ1n) is 4.99. The van der Waals surface area contributed by atoms with Gasteiger partial charge in [-0.3, -0.25) is 0 Å². The molecular formula is C10H12ClN3S. The lowest BCUT2D eigenvalue weighted by Crippen LogP contribution is -1.90. The third-order valence-corrected chi connectivity index (χ3v) is 3.78. The lowest BCUT2D eigenvalue weighted by molar-refractivity contribution is 0.662. The summed E-state index contributed by atoms with van der Waals surface area (Å²) in [6.07, 6.45) is 3.79. The second kappa shape index (κ2) is 4.41. The molecule has 1 unspecified atom stereocenters. The minimum absolute atomic E-state index is 0.450. The van der Waals surface area contributed by atoms with Crippen molar-refractivity contribution in [2.75, 3.05) is 0 Å². The first-order chi connectivity index (χ1) is 7.22. The molecule has 0 saturated heterocycles. The van der Waals surface area contributed by atoms with Crippen molar-refractivity contribution in [3.05, 3.63) is 16.5 Å². The fourth-order valence-corrected chi connectivity index (χ4v) is 2.73. The van der Waals surface area contributed by atoms with Crippen molar-refractivity contribution in [2.24, 2.45) is 0 Å². The van der Waals surface area contributed by atoms with Crippen molar-refractivity contribution in [2.45, 2.75) is 32.6 Å². The monoisotopic (exact) mass is 241 g/mol. The number of aromatic nitrogens is 3. The Morgan fingerprint density at radius 3 is 2.93 bits per heavy atom. The molecule has 0 fully saturated rings. The highest BCUT2D eigenvalue weighted by molar-refractivity contribution is 7.18. The van der Waals surface area contributed by atoms with Gasteiger partial charge < -0.3 is 0 Å². The number of fused-ring (bicyclic) bond motifs is 1. The minimum Gasteiger partial charge on any atom is -0.236 e. The normalized spacial score (nSPS) is 13.3. The number of hydrogen-bond donors (Lipinski definition) is 0. The standard InChI is InChI=1S/C10H12ClN3S/c1-3-4-6(2)9-14-7-8(11)12-5-13-10(7)15-9/h5-6H,3-4H2,1-2H3. The fraction of sp³-hybridized carbons (Fsp3) is 0.500. The van der Waals surface area contributed by atoms with Crippen LogP contribution < -0.4 is 0 Å². The highest BCUT2D eigenvalue weighted by atomic mass is 35.5. The van der Waals surface area contributed by atoms with E-state index < -0.39 is 0 Å². The molecule has 0 aromatic carbocycles. The van der Waals surface area contributed by atoms with Crippen LogP contribution in [0.3, 0.4) is 0 Å². The molecule has 0 saturated carbocycles. The van der Waals surface area contributed by atoms with Crippen LogP contribution in [0.25, 0.3) is 10.3 Å². The SMILES string of the molecule is CCCC(C)c1nc2c(Cl)ncnc2s1. The van der Waals surface area contributed by atoms with Gasteiger partial charge in [0.15, 0.2) is 5.15 Å². The number of thiazole rings is 1. The Morgan fingerprint density at radius 2 is 2.27 bits per heavy atom. The van der Waals surface area contributed by atoms with Crippen molar-refractivity contribution < 1.29 is 0 Å². The van der Waals surface area contributed by atoms with E-state index in [-0.39, 0.29) is 0 Å². The molecule has 0 aliphatic heterocycles. The van der Waals surface area contributed by atoms with Crippen molar-refractivity contribution >= 4 is 33.3 Å². The summed E-state index contributed by atoms with van der Waals surface area (Å²) in [7, 11) is 0. The Bertz CT molecular complexity index is 469. The van der Waals surface area contributed by atoms with E-state index in [1.807, 2.05) is 0 Å². The summed E-state index contributed by atoms with van der Waals surface area (Å²) in [5.41, 5.74) is 0.738. The van der Waals surface area contributed by atoms with Gasteiger partial charge in [0, 0.05) is 5.92 Å². The molecule has 5 heteroatoms. The van der Waals surface area contributed by atoms with Crippen molar-refractivity contribution in [1.29, 1.82) is 0 Å². The Labute approximate surface area is 97.5 Å². The average molecular weight is 242 g/mol. The average Bonchev–Trinajstić information content (AvgIpc) is 2.63. The van der Waals surface area contributed by atoms with Gasteiger partial charge in [-0.15, -0.1) is 0 Å². The maximum absolute atomic E-state index is 5.95. The fourth-order valence-electron chi connectivity index (χ4n) is 1.51. The zero-order chi connectivity index (χ0) is 10.8. The molecule has 2 heterocycles. The molecule has 2 rings (SSSR count). The molecule has 2 aromatic heterocycles. The number of nitrogens with zero attached hydrogens (tertiary/aromatic N) is 3. The molecule has 1 atom stereocenters. The molecule has 0 aliphatic rings. The van der Waals surface area contributed by atoms with E-state index in [2.05, 4.69) is 28.8 Å². The van der Waals surface area contributed by atoms with Crippen molar-refractivity contribution in [1.82, 2.24) is 15.0 Å². The summed E-state index contributed by atoms with van der Waals surface area (Å²) in [5.74, 6) is 0.477. The van der Waals surface area contributed by atoms with Crippen LogP contribution in [0, 0.1) is 0 Å². The van der Waals surface area contributed by atoms with Gasteiger partial charge in [-0.2, -0.15) is 0 Å². The zero-order valence-electron chi connectivity index (χ0n) is 8.70. The molecule has 15 heavy (non-hydrogen) atoms. The van der Waals surface area contributed by atoms with Crippen LogP contribution in [0.15, 0.2) is 6.33 Å². The van der Waals surface area contributed by atoms with Crippen LogP contribution in [0.4, 0.5) is 0 Å². The van der Waals surface area contributed by atoms with E-state index in [1.165, 1.54) is 6.33 Å². The summed E-state index contributed by atoms with van der Waals surface area (Å²) < 4.78 is 0. The van der Waals surface area contributed by atoms with Gasteiger partial charge in [0.1, 0.15) is 16.7 Å². The van der Waals surface area contributed by atoms with Crippen molar-refractivity contribution in [3.63, 3.8) is 0 Å². The van der Waals surface area contributed by atoms with Gasteiger partial charge in [-0.25, -0.2) is 15.0 Å². The second-order valence-electron chi connectivity index (χ2n) is 3.56. The summed E-state index contributed by atoms with van der Waals surface area (Å²) >= 11 is 7.56. The molecule has 0 radical (unpaired) electrons. The minimum atomic E-state index is 0.450. The van der Waals surface area contributed by atoms with E-state index in [9.17, 15) is 0 Å². The molecule has 80 valence electrons. The third kappa shape index (κ3) is 2.11. The lowest BCUT2D eigenvalue weighted by Gasteiger charge is -2.03. The topological polar surface area (TPSA) is 38.7 Å².